The van der Waals surface area contributed by atoms with Crippen LogP contribution in [0.1, 0.15) is 26.3 Å². The molecule has 102 valence electrons. The summed E-state index contributed by atoms with van der Waals surface area (Å²) in [6.07, 6.45) is 0. The summed E-state index contributed by atoms with van der Waals surface area (Å²) in [6, 6.07) is 5.75. The van der Waals surface area contributed by atoms with Crippen molar-refractivity contribution in [3.05, 3.63) is 34.2 Å². The van der Waals surface area contributed by atoms with E-state index in [4.69, 9.17) is 4.74 Å². The van der Waals surface area contributed by atoms with Gasteiger partial charge in [-0.1, -0.05) is 26.8 Å². The molecular formula is C13H18N4O2. The Balaban J connectivity index is 2.67. The van der Waals surface area contributed by atoms with Crippen LogP contribution in [-0.4, -0.2) is 26.9 Å². The molecule has 0 saturated carbocycles. The molecule has 19 heavy (non-hydrogen) atoms. The fourth-order valence-electron chi connectivity index (χ4n) is 1.79. The number of benzene rings is 1. The minimum atomic E-state index is -0.302. The molecule has 1 heterocycles. The molecular weight excluding hydrogens is 244 g/mol. The molecule has 2 rings (SSSR count). The Labute approximate surface area is 111 Å². The standard InChI is InChI=1S/C13H18N4O2/c1-13(2,3)9-6-7-11(19-5)10(8-9)17-12(18)16(4)14-15-17/h6-8H,1-5H3. The van der Waals surface area contributed by atoms with Crippen LogP contribution in [0.4, 0.5) is 0 Å². The van der Waals surface area contributed by atoms with Crippen molar-refractivity contribution < 1.29 is 4.74 Å². The number of aromatic nitrogens is 4. The van der Waals surface area contributed by atoms with Gasteiger partial charge >= 0.3 is 5.69 Å². The quantitative estimate of drug-likeness (QED) is 0.817. The van der Waals surface area contributed by atoms with Gasteiger partial charge < -0.3 is 4.74 Å². The molecule has 0 aliphatic heterocycles. The van der Waals surface area contributed by atoms with E-state index in [0.29, 0.717) is 11.4 Å². The van der Waals surface area contributed by atoms with Gasteiger partial charge in [-0.2, -0.15) is 9.36 Å². The zero-order valence-electron chi connectivity index (χ0n) is 11.8. The van der Waals surface area contributed by atoms with Crippen molar-refractivity contribution >= 4 is 0 Å². The SMILES string of the molecule is COc1ccc(C(C)(C)C)cc1-n1nnn(C)c1=O. The lowest BCUT2D eigenvalue weighted by atomic mass is 9.87. The van der Waals surface area contributed by atoms with Gasteiger partial charge in [-0.25, -0.2) is 4.79 Å². The second-order valence-corrected chi connectivity index (χ2v) is 5.43. The van der Waals surface area contributed by atoms with Crippen LogP contribution in [0.5, 0.6) is 5.75 Å². The van der Waals surface area contributed by atoms with E-state index in [1.807, 2.05) is 18.2 Å². The van der Waals surface area contributed by atoms with Crippen molar-refractivity contribution in [2.45, 2.75) is 26.2 Å². The van der Waals surface area contributed by atoms with Crippen molar-refractivity contribution in [2.75, 3.05) is 7.11 Å². The van der Waals surface area contributed by atoms with Crippen LogP contribution in [0.3, 0.4) is 0 Å². The van der Waals surface area contributed by atoms with Gasteiger partial charge in [0.15, 0.2) is 0 Å². The fraction of sp³-hybridized carbons (Fsp3) is 0.462. The summed E-state index contributed by atoms with van der Waals surface area (Å²) in [7, 11) is 3.13. The normalized spacial score (nSPS) is 11.6. The fourth-order valence-corrected chi connectivity index (χ4v) is 1.79. The van der Waals surface area contributed by atoms with Crippen molar-refractivity contribution in [3.8, 4) is 11.4 Å². The van der Waals surface area contributed by atoms with Crippen LogP contribution in [-0.2, 0) is 12.5 Å². The molecule has 0 aliphatic rings. The molecule has 1 aromatic carbocycles. The third kappa shape index (κ3) is 2.38. The minimum Gasteiger partial charge on any atom is -0.494 e. The highest BCUT2D eigenvalue weighted by Gasteiger charge is 2.18. The summed E-state index contributed by atoms with van der Waals surface area (Å²) in [5.41, 5.74) is 1.38. The second kappa shape index (κ2) is 4.53. The van der Waals surface area contributed by atoms with Crippen molar-refractivity contribution in [2.24, 2.45) is 7.05 Å². The molecule has 0 spiro atoms. The van der Waals surface area contributed by atoms with Crippen LogP contribution < -0.4 is 10.4 Å². The first-order chi connectivity index (χ1) is 8.84. The number of hydrogen-bond acceptors (Lipinski definition) is 4. The zero-order chi connectivity index (χ0) is 14.2. The van der Waals surface area contributed by atoms with Gasteiger partial charge in [0.1, 0.15) is 11.4 Å². The molecule has 0 saturated heterocycles. The Hall–Kier alpha value is -2.11. The molecule has 0 amide bonds. The largest absolute Gasteiger partial charge is 0.494 e. The molecule has 0 unspecified atom stereocenters. The third-order valence-electron chi connectivity index (χ3n) is 2.99. The summed E-state index contributed by atoms with van der Waals surface area (Å²) in [5, 5.41) is 7.58. The Morgan fingerprint density at radius 1 is 1.21 bits per heavy atom. The van der Waals surface area contributed by atoms with E-state index >= 15 is 0 Å². The molecule has 0 fully saturated rings. The van der Waals surface area contributed by atoms with E-state index in [1.54, 1.807) is 14.2 Å². The summed E-state index contributed by atoms with van der Waals surface area (Å²) >= 11 is 0. The molecule has 1 aromatic heterocycles. The lowest BCUT2D eigenvalue weighted by Gasteiger charge is -2.20. The number of ether oxygens (including phenoxy) is 1. The average molecular weight is 262 g/mol. The highest BCUT2D eigenvalue weighted by atomic mass is 16.5. The van der Waals surface area contributed by atoms with Gasteiger partial charge in [0.05, 0.1) is 7.11 Å². The summed E-state index contributed by atoms with van der Waals surface area (Å²) in [6.45, 7) is 6.33. The Morgan fingerprint density at radius 3 is 2.37 bits per heavy atom. The van der Waals surface area contributed by atoms with E-state index in [0.717, 1.165) is 5.56 Å². The number of tetrazole rings is 1. The molecule has 6 heteroatoms. The van der Waals surface area contributed by atoms with E-state index in [9.17, 15) is 4.79 Å². The number of hydrogen-bond donors (Lipinski definition) is 0. The predicted molar refractivity (Wildman–Crippen MR) is 71.9 cm³/mol. The van der Waals surface area contributed by atoms with E-state index in [1.165, 1.54) is 9.36 Å². The van der Waals surface area contributed by atoms with Crippen LogP contribution in [0.25, 0.3) is 5.69 Å². The van der Waals surface area contributed by atoms with Crippen molar-refractivity contribution in [1.29, 1.82) is 0 Å². The maximum absolute atomic E-state index is 11.9. The Bertz CT molecular complexity index is 649. The van der Waals surface area contributed by atoms with Crippen LogP contribution in [0, 0.1) is 0 Å². The molecule has 0 atom stereocenters. The highest BCUT2D eigenvalue weighted by molar-refractivity contribution is 5.49. The van der Waals surface area contributed by atoms with Gasteiger partial charge in [0.25, 0.3) is 0 Å². The zero-order valence-corrected chi connectivity index (χ0v) is 11.8. The number of methoxy groups -OCH3 is 1. The van der Waals surface area contributed by atoms with Crippen LogP contribution in [0.2, 0.25) is 0 Å². The molecule has 0 aliphatic carbocycles. The molecule has 2 aromatic rings. The van der Waals surface area contributed by atoms with Crippen molar-refractivity contribution in [1.82, 2.24) is 19.8 Å². The second-order valence-electron chi connectivity index (χ2n) is 5.43. The highest BCUT2D eigenvalue weighted by Crippen LogP contribution is 2.29. The summed E-state index contributed by atoms with van der Waals surface area (Å²) in [4.78, 5) is 11.9. The van der Waals surface area contributed by atoms with Gasteiger partial charge in [-0.3, -0.25) is 0 Å². The van der Waals surface area contributed by atoms with Crippen LogP contribution >= 0.6 is 0 Å². The number of nitrogens with zero attached hydrogens (tertiary/aromatic N) is 4. The maximum Gasteiger partial charge on any atom is 0.368 e. The van der Waals surface area contributed by atoms with E-state index in [-0.39, 0.29) is 11.1 Å². The van der Waals surface area contributed by atoms with Gasteiger partial charge in [0.2, 0.25) is 0 Å². The third-order valence-corrected chi connectivity index (χ3v) is 2.99. The Morgan fingerprint density at radius 2 is 1.89 bits per heavy atom. The minimum absolute atomic E-state index is 0.0210. The number of aryl methyl sites for hydroxylation is 1. The molecule has 0 N–H and O–H groups in total. The molecule has 0 radical (unpaired) electrons. The first-order valence-electron chi connectivity index (χ1n) is 6.02. The lowest BCUT2D eigenvalue weighted by molar-refractivity contribution is 0.410. The van der Waals surface area contributed by atoms with Gasteiger partial charge in [-0.15, -0.1) is 0 Å². The predicted octanol–water partition coefficient (Wildman–Crippen LogP) is 1.27. The Kier molecular flexibility index (Phi) is 3.18. The van der Waals surface area contributed by atoms with E-state index in [2.05, 4.69) is 31.2 Å². The lowest BCUT2D eigenvalue weighted by Crippen LogP contribution is -2.23. The van der Waals surface area contributed by atoms with E-state index < -0.39 is 0 Å². The molecule has 0 bridgehead atoms. The smallest absolute Gasteiger partial charge is 0.368 e. The number of rotatable bonds is 2. The first-order valence-corrected chi connectivity index (χ1v) is 6.02. The van der Waals surface area contributed by atoms with Crippen molar-refractivity contribution in [3.63, 3.8) is 0 Å². The average Bonchev–Trinajstić information content (AvgIpc) is 2.68. The maximum atomic E-state index is 11.9. The topological polar surface area (TPSA) is 61.9 Å². The first kappa shape index (κ1) is 13.3. The monoisotopic (exact) mass is 262 g/mol. The van der Waals surface area contributed by atoms with Gasteiger partial charge in [0, 0.05) is 7.05 Å². The molecule has 6 nitrogen and oxygen atoms in total. The summed E-state index contributed by atoms with van der Waals surface area (Å²) < 4.78 is 7.72. The van der Waals surface area contributed by atoms with Crippen LogP contribution in [0.15, 0.2) is 23.0 Å². The summed E-state index contributed by atoms with van der Waals surface area (Å²) in [5.74, 6) is 0.593. The van der Waals surface area contributed by atoms with Gasteiger partial charge in [-0.05, 0) is 33.5 Å².